The SMILES string of the molecule is CCN(C(=O)[C@H](C)N(C)CC(=O)NC(C)C)c1cccc2ccccc12. The van der Waals surface area contributed by atoms with E-state index in [0.717, 1.165) is 16.5 Å². The zero-order valence-corrected chi connectivity index (χ0v) is 16.3. The number of carbonyl (C=O) groups excluding carboxylic acids is 2. The van der Waals surface area contributed by atoms with Crippen molar-refractivity contribution in [2.24, 2.45) is 0 Å². The first-order chi connectivity index (χ1) is 12.3. The molecule has 0 unspecified atom stereocenters. The zero-order valence-electron chi connectivity index (χ0n) is 16.3. The van der Waals surface area contributed by atoms with Crippen LogP contribution in [0.1, 0.15) is 27.7 Å². The monoisotopic (exact) mass is 355 g/mol. The van der Waals surface area contributed by atoms with Crippen LogP contribution in [-0.2, 0) is 9.59 Å². The van der Waals surface area contributed by atoms with E-state index in [0.29, 0.717) is 6.54 Å². The Kier molecular flexibility index (Phi) is 6.75. The van der Waals surface area contributed by atoms with Gasteiger partial charge in [0.2, 0.25) is 11.8 Å². The van der Waals surface area contributed by atoms with Crippen molar-refractivity contribution in [3.8, 4) is 0 Å². The third-order valence-corrected chi connectivity index (χ3v) is 4.50. The molecule has 26 heavy (non-hydrogen) atoms. The van der Waals surface area contributed by atoms with Gasteiger partial charge in [0, 0.05) is 18.0 Å². The molecule has 0 radical (unpaired) electrons. The van der Waals surface area contributed by atoms with Gasteiger partial charge >= 0.3 is 0 Å². The van der Waals surface area contributed by atoms with Gasteiger partial charge in [-0.05, 0) is 46.2 Å². The van der Waals surface area contributed by atoms with Crippen LogP contribution in [0.25, 0.3) is 10.8 Å². The summed E-state index contributed by atoms with van der Waals surface area (Å²) in [6.45, 7) is 8.43. The van der Waals surface area contributed by atoms with E-state index < -0.39 is 6.04 Å². The van der Waals surface area contributed by atoms with Crippen molar-refractivity contribution in [1.29, 1.82) is 0 Å². The van der Waals surface area contributed by atoms with E-state index in [2.05, 4.69) is 5.32 Å². The highest BCUT2D eigenvalue weighted by atomic mass is 16.2. The first kappa shape index (κ1) is 19.9. The molecule has 2 amide bonds. The second kappa shape index (κ2) is 8.81. The van der Waals surface area contributed by atoms with E-state index in [-0.39, 0.29) is 24.4 Å². The van der Waals surface area contributed by atoms with Crippen molar-refractivity contribution >= 4 is 28.3 Å². The Labute approximate surface area is 156 Å². The van der Waals surface area contributed by atoms with Crippen LogP contribution in [0.15, 0.2) is 42.5 Å². The van der Waals surface area contributed by atoms with E-state index in [1.807, 2.05) is 70.2 Å². The lowest BCUT2D eigenvalue weighted by molar-refractivity contribution is -0.126. The molecule has 0 fully saturated rings. The number of anilines is 1. The zero-order chi connectivity index (χ0) is 19.3. The topological polar surface area (TPSA) is 52.7 Å². The van der Waals surface area contributed by atoms with Crippen molar-refractivity contribution in [1.82, 2.24) is 10.2 Å². The lowest BCUT2D eigenvalue weighted by Gasteiger charge is -2.30. The van der Waals surface area contributed by atoms with Gasteiger partial charge in [0.15, 0.2) is 0 Å². The maximum absolute atomic E-state index is 13.1. The molecule has 0 aromatic heterocycles. The molecule has 1 atom stereocenters. The van der Waals surface area contributed by atoms with Crippen LogP contribution in [0.3, 0.4) is 0 Å². The highest BCUT2D eigenvalue weighted by molar-refractivity contribution is 6.05. The average Bonchev–Trinajstić information content (AvgIpc) is 2.60. The molecule has 2 aromatic carbocycles. The van der Waals surface area contributed by atoms with Gasteiger partial charge < -0.3 is 10.2 Å². The van der Waals surface area contributed by atoms with Crippen molar-refractivity contribution in [2.45, 2.75) is 39.8 Å². The highest BCUT2D eigenvalue weighted by Gasteiger charge is 2.26. The minimum atomic E-state index is -0.396. The predicted octanol–water partition coefficient (Wildman–Crippen LogP) is 3.04. The van der Waals surface area contributed by atoms with Crippen LogP contribution in [0, 0.1) is 0 Å². The number of hydrogen-bond donors (Lipinski definition) is 1. The maximum Gasteiger partial charge on any atom is 0.244 e. The molecule has 0 bridgehead atoms. The minimum Gasteiger partial charge on any atom is -0.353 e. The Morgan fingerprint density at radius 3 is 2.35 bits per heavy atom. The largest absolute Gasteiger partial charge is 0.353 e. The number of benzene rings is 2. The number of fused-ring (bicyclic) bond motifs is 1. The average molecular weight is 355 g/mol. The summed E-state index contributed by atoms with van der Waals surface area (Å²) < 4.78 is 0. The molecule has 2 rings (SSSR count). The number of likely N-dealkylation sites (N-methyl/N-ethyl adjacent to an activating group) is 2. The van der Waals surface area contributed by atoms with Gasteiger partial charge in [-0.1, -0.05) is 36.4 Å². The lowest BCUT2D eigenvalue weighted by Crippen LogP contribution is -2.49. The van der Waals surface area contributed by atoms with Crippen molar-refractivity contribution in [3.63, 3.8) is 0 Å². The minimum absolute atomic E-state index is 0.0105. The number of hydrogen-bond acceptors (Lipinski definition) is 3. The predicted molar refractivity (Wildman–Crippen MR) is 107 cm³/mol. The van der Waals surface area contributed by atoms with E-state index >= 15 is 0 Å². The van der Waals surface area contributed by atoms with E-state index in [1.54, 1.807) is 16.8 Å². The maximum atomic E-state index is 13.1. The molecular formula is C21H29N3O2. The van der Waals surface area contributed by atoms with Crippen LogP contribution in [-0.4, -0.2) is 48.9 Å². The molecular weight excluding hydrogens is 326 g/mol. The number of amides is 2. The number of nitrogens with one attached hydrogen (secondary N) is 1. The summed E-state index contributed by atoms with van der Waals surface area (Å²) in [7, 11) is 1.80. The fraction of sp³-hybridized carbons (Fsp3) is 0.429. The molecule has 5 heteroatoms. The summed E-state index contributed by atoms with van der Waals surface area (Å²) >= 11 is 0. The van der Waals surface area contributed by atoms with Gasteiger partial charge in [-0.25, -0.2) is 0 Å². The first-order valence-electron chi connectivity index (χ1n) is 9.13. The van der Waals surface area contributed by atoms with Gasteiger partial charge in [-0.2, -0.15) is 0 Å². The quantitative estimate of drug-likeness (QED) is 0.831. The number of nitrogens with zero attached hydrogens (tertiary/aromatic N) is 2. The number of carbonyl (C=O) groups is 2. The molecule has 0 spiro atoms. The van der Waals surface area contributed by atoms with Gasteiger partial charge in [0.1, 0.15) is 0 Å². The summed E-state index contributed by atoms with van der Waals surface area (Å²) in [5, 5.41) is 5.02. The molecule has 0 heterocycles. The molecule has 0 aliphatic heterocycles. The molecule has 2 aromatic rings. The van der Waals surface area contributed by atoms with Crippen LogP contribution >= 0.6 is 0 Å². The second-order valence-electron chi connectivity index (χ2n) is 6.89. The summed E-state index contributed by atoms with van der Waals surface area (Å²) in [4.78, 5) is 28.7. The lowest BCUT2D eigenvalue weighted by atomic mass is 10.1. The normalized spacial score (nSPS) is 12.4. The van der Waals surface area contributed by atoms with Crippen molar-refractivity contribution < 1.29 is 9.59 Å². The van der Waals surface area contributed by atoms with E-state index in [9.17, 15) is 9.59 Å². The van der Waals surface area contributed by atoms with Crippen LogP contribution in [0.2, 0.25) is 0 Å². The summed E-state index contributed by atoms with van der Waals surface area (Å²) in [5.41, 5.74) is 0.905. The molecule has 0 aliphatic carbocycles. The molecule has 1 N–H and O–H groups in total. The van der Waals surface area contributed by atoms with Crippen LogP contribution in [0.4, 0.5) is 5.69 Å². The Bertz CT molecular complexity index is 767. The van der Waals surface area contributed by atoms with Gasteiger partial charge in [0.25, 0.3) is 0 Å². The summed E-state index contributed by atoms with van der Waals surface area (Å²) in [6, 6.07) is 13.7. The molecule has 0 saturated heterocycles. The standard InChI is InChI=1S/C21H29N3O2/c1-6-24(19-13-9-11-17-10-7-8-12-18(17)19)21(26)16(4)23(5)14-20(25)22-15(2)3/h7-13,15-16H,6,14H2,1-5H3,(H,22,25)/t16-/m0/s1. The Morgan fingerprint density at radius 1 is 1.04 bits per heavy atom. The molecule has 0 aliphatic rings. The van der Waals surface area contributed by atoms with E-state index in [1.165, 1.54) is 0 Å². The fourth-order valence-electron chi connectivity index (χ4n) is 3.03. The van der Waals surface area contributed by atoms with Crippen molar-refractivity contribution in [2.75, 3.05) is 25.0 Å². The van der Waals surface area contributed by atoms with Gasteiger partial charge in [-0.3, -0.25) is 14.5 Å². The van der Waals surface area contributed by atoms with Crippen LogP contribution < -0.4 is 10.2 Å². The number of rotatable bonds is 7. The summed E-state index contributed by atoms with van der Waals surface area (Å²) in [6.07, 6.45) is 0. The summed E-state index contributed by atoms with van der Waals surface area (Å²) in [5.74, 6) is -0.0842. The Hall–Kier alpha value is -2.40. The molecule has 0 saturated carbocycles. The molecule has 140 valence electrons. The van der Waals surface area contributed by atoms with Crippen LogP contribution in [0.5, 0.6) is 0 Å². The third kappa shape index (κ3) is 4.61. The Morgan fingerprint density at radius 2 is 1.69 bits per heavy atom. The molecule has 5 nitrogen and oxygen atoms in total. The fourth-order valence-corrected chi connectivity index (χ4v) is 3.03. The smallest absolute Gasteiger partial charge is 0.244 e. The first-order valence-corrected chi connectivity index (χ1v) is 9.13. The second-order valence-corrected chi connectivity index (χ2v) is 6.89. The third-order valence-electron chi connectivity index (χ3n) is 4.50. The van der Waals surface area contributed by atoms with Gasteiger partial charge in [-0.15, -0.1) is 0 Å². The Balaban J connectivity index is 2.20. The highest BCUT2D eigenvalue weighted by Crippen LogP contribution is 2.27. The van der Waals surface area contributed by atoms with Gasteiger partial charge in [0.05, 0.1) is 18.3 Å². The van der Waals surface area contributed by atoms with E-state index in [4.69, 9.17) is 0 Å². The van der Waals surface area contributed by atoms with Crippen molar-refractivity contribution in [3.05, 3.63) is 42.5 Å².